The number of hydrogen-bond donors (Lipinski definition) is 3. The predicted octanol–water partition coefficient (Wildman–Crippen LogP) is 2.63. The maximum absolute atomic E-state index is 12.7. The summed E-state index contributed by atoms with van der Waals surface area (Å²) in [5.41, 5.74) is 1.53. The average molecular weight is 423 g/mol. The van der Waals surface area contributed by atoms with Gasteiger partial charge in [0.25, 0.3) is 5.91 Å². The molecule has 0 saturated carbocycles. The van der Waals surface area contributed by atoms with Gasteiger partial charge in [0.05, 0.1) is 16.8 Å². The zero-order valence-electron chi connectivity index (χ0n) is 16.2. The fourth-order valence-electron chi connectivity index (χ4n) is 2.78. The highest BCUT2D eigenvalue weighted by molar-refractivity contribution is 7.12. The zero-order chi connectivity index (χ0) is 21.2. The maximum Gasteiger partial charge on any atom is 0.262 e. The van der Waals surface area contributed by atoms with Gasteiger partial charge in [0.2, 0.25) is 11.8 Å². The van der Waals surface area contributed by atoms with E-state index in [-0.39, 0.29) is 30.7 Å². The molecular formula is C22H22N4O3S. The van der Waals surface area contributed by atoms with Crippen molar-refractivity contribution in [1.29, 1.82) is 0 Å². The number of benzene rings is 1. The Kier molecular flexibility index (Phi) is 7.68. The first-order chi connectivity index (χ1) is 14.6. The lowest BCUT2D eigenvalue weighted by Gasteiger charge is -2.18. The Balaban J connectivity index is 1.55. The van der Waals surface area contributed by atoms with Gasteiger partial charge in [-0.2, -0.15) is 0 Å². The molecule has 8 heteroatoms. The van der Waals surface area contributed by atoms with Crippen LogP contribution < -0.4 is 16.0 Å². The van der Waals surface area contributed by atoms with Crippen LogP contribution in [0.1, 0.15) is 21.7 Å². The Morgan fingerprint density at radius 2 is 1.83 bits per heavy atom. The largest absolute Gasteiger partial charge is 0.354 e. The summed E-state index contributed by atoms with van der Waals surface area (Å²) in [6.07, 6.45) is 3.63. The molecule has 1 aromatic carbocycles. The summed E-state index contributed by atoms with van der Waals surface area (Å²) in [6.45, 7) is 0.158. The topological polar surface area (TPSA) is 100 Å². The number of nitrogens with one attached hydrogen (secondary N) is 3. The molecule has 7 nitrogen and oxygen atoms in total. The fraction of sp³-hybridized carbons (Fsp3) is 0.182. The van der Waals surface area contributed by atoms with Crippen molar-refractivity contribution in [2.75, 3.05) is 11.9 Å². The molecule has 0 aliphatic heterocycles. The summed E-state index contributed by atoms with van der Waals surface area (Å²) < 4.78 is 0. The Hall–Kier alpha value is -3.52. The third-order valence-electron chi connectivity index (χ3n) is 4.25. The second kappa shape index (κ2) is 10.9. The van der Waals surface area contributed by atoms with Crippen molar-refractivity contribution in [3.63, 3.8) is 0 Å². The van der Waals surface area contributed by atoms with Gasteiger partial charge in [0, 0.05) is 25.6 Å². The number of rotatable bonds is 9. The Morgan fingerprint density at radius 3 is 2.53 bits per heavy atom. The van der Waals surface area contributed by atoms with E-state index in [0.717, 1.165) is 5.56 Å². The zero-order valence-corrected chi connectivity index (χ0v) is 17.0. The Bertz CT molecular complexity index is 963. The monoisotopic (exact) mass is 422 g/mol. The normalized spacial score (nSPS) is 11.3. The van der Waals surface area contributed by atoms with Crippen LogP contribution in [0.3, 0.4) is 0 Å². The number of nitrogens with zero attached hydrogens (tertiary/aromatic N) is 1. The minimum Gasteiger partial charge on any atom is -0.354 e. The van der Waals surface area contributed by atoms with Gasteiger partial charge in [-0.25, -0.2) is 0 Å². The molecule has 2 aromatic heterocycles. The predicted molar refractivity (Wildman–Crippen MR) is 116 cm³/mol. The summed E-state index contributed by atoms with van der Waals surface area (Å²) in [4.78, 5) is 41.7. The number of carbonyl (C=O) groups excluding carboxylic acids is 3. The first-order valence-electron chi connectivity index (χ1n) is 9.47. The lowest BCUT2D eigenvalue weighted by Crippen LogP contribution is -2.48. The van der Waals surface area contributed by atoms with Gasteiger partial charge in [0.1, 0.15) is 6.04 Å². The smallest absolute Gasteiger partial charge is 0.262 e. The SMILES string of the molecule is O=C(CCNC(=O)C(Cc1ccccc1)NC(=O)c1cccs1)Nc1cccnc1. The van der Waals surface area contributed by atoms with Crippen molar-refractivity contribution in [1.82, 2.24) is 15.6 Å². The van der Waals surface area contributed by atoms with Crippen LogP contribution in [0.25, 0.3) is 0 Å². The molecule has 0 aliphatic carbocycles. The van der Waals surface area contributed by atoms with Crippen LogP contribution in [-0.2, 0) is 16.0 Å². The standard InChI is InChI=1S/C22H22N4O3S/c27-20(25-17-8-4-11-23-15-17)10-12-24-21(28)18(14-16-6-2-1-3-7-16)26-22(29)19-9-5-13-30-19/h1-9,11,13,15,18H,10,12,14H2,(H,24,28)(H,25,27)(H,26,29). The van der Waals surface area contributed by atoms with Crippen LogP contribution in [0, 0.1) is 0 Å². The highest BCUT2D eigenvalue weighted by Gasteiger charge is 2.22. The molecule has 30 heavy (non-hydrogen) atoms. The molecule has 1 atom stereocenters. The summed E-state index contributed by atoms with van der Waals surface area (Å²) in [7, 11) is 0. The minimum atomic E-state index is -0.747. The summed E-state index contributed by atoms with van der Waals surface area (Å²) in [6, 6.07) is 15.7. The molecule has 2 heterocycles. The molecule has 0 aliphatic rings. The number of aromatic nitrogens is 1. The fourth-order valence-corrected chi connectivity index (χ4v) is 3.41. The van der Waals surface area contributed by atoms with Crippen molar-refractivity contribution in [3.8, 4) is 0 Å². The van der Waals surface area contributed by atoms with Crippen molar-refractivity contribution in [2.45, 2.75) is 18.9 Å². The van der Waals surface area contributed by atoms with E-state index in [9.17, 15) is 14.4 Å². The van der Waals surface area contributed by atoms with Crippen LogP contribution in [-0.4, -0.2) is 35.3 Å². The van der Waals surface area contributed by atoms with Crippen LogP contribution in [0.15, 0.2) is 72.4 Å². The molecular weight excluding hydrogens is 400 g/mol. The van der Waals surface area contributed by atoms with Gasteiger partial charge in [-0.15, -0.1) is 11.3 Å². The molecule has 0 fully saturated rings. The maximum atomic E-state index is 12.7. The third kappa shape index (κ3) is 6.52. The number of pyridine rings is 1. The first kappa shape index (κ1) is 21.2. The number of amides is 3. The van der Waals surface area contributed by atoms with E-state index in [1.54, 1.807) is 36.7 Å². The Labute approximate surface area is 178 Å². The van der Waals surface area contributed by atoms with Crippen LogP contribution in [0.4, 0.5) is 5.69 Å². The second-order valence-electron chi connectivity index (χ2n) is 6.52. The van der Waals surface area contributed by atoms with Crippen molar-refractivity contribution < 1.29 is 14.4 Å². The number of carbonyl (C=O) groups is 3. The Morgan fingerprint density at radius 1 is 1.00 bits per heavy atom. The van der Waals surface area contributed by atoms with Gasteiger partial charge in [0.15, 0.2) is 0 Å². The van der Waals surface area contributed by atoms with Crippen LogP contribution >= 0.6 is 11.3 Å². The van der Waals surface area contributed by atoms with E-state index in [0.29, 0.717) is 17.0 Å². The van der Waals surface area contributed by atoms with Gasteiger partial charge >= 0.3 is 0 Å². The van der Waals surface area contributed by atoms with E-state index in [2.05, 4.69) is 20.9 Å². The molecule has 0 bridgehead atoms. The minimum absolute atomic E-state index is 0.109. The van der Waals surface area contributed by atoms with Crippen molar-refractivity contribution in [2.24, 2.45) is 0 Å². The number of anilines is 1. The lowest BCUT2D eigenvalue weighted by molar-refractivity contribution is -0.123. The number of thiophene rings is 1. The summed E-state index contributed by atoms with van der Waals surface area (Å²) in [5, 5.41) is 10.1. The first-order valence-corrected chi connectivity index (χ1v) is 10.4. The van der Waals surface area contributed by atoms with E-state index >= 15 is 0 Å². The molecule has 3 rings (SSSR count). The van der Waals surface area contributed by atoms with E-state index in [4.69, 9.17) is 0 Å². The average Bonchev–Trinajstić information content (AvgIpc) is 3.30. The van der Waals surface area contributed by atoms with Crippen molar-refractivity contribution >= 4 is 34.7 Å². The quantitative estimate of drug-likeness (QED) is 0.494. The molecule has 3 aromatic rings. The van der Waals surface area contributed by atoms with Crippen LogP contribution in [0.2, 0.25) is 0 Å². The van der Waals surface area contributed by atoms with E-state index < -0.39 is 6.04 Å². The van der Waals surface area contributed by atoms with Crippen molar-refractivity contribution in [3.05, 3.63) is 82.8 Å². The second-order valence-corrected chi connectivity index (χ2v) is 7.47. The summed E-state index contributed by atoms with van der Waals surface area (Å²) >= 11 is 1.31. The lowest BCUT2D eigenvalue weighted by atomic mass is 10.1. The molecule has 0 radical (unpaired) electrons. The summed E-state index contributed by atoms with van der Waals surface area (Å²) in [5.74, 6) is -0.862. The molecule has 154 valence electrons. The van der Waals surface area contributed by atoms with Crippen LogP contribution in [0.5, 0.6) is 0 Å². The molecule has 3 amide bonds. The highest BCUT2D eigenvalue weighted by Crippen LogP contribution is 2.10. The molecule has 1 unspecified atom stereocenters. The highest BCUT2D eigenvalue weighted by atomic mass is 32.1. The molecule has 0 saturated heterocycles. The van der Waals surface area contributed by atoms with Gasteiger partial charge < -0.3 is 16.0 Å². The molecule has 3 N–H and O–H groups in total. The van der Waals surface area contributed by atoms with Gasteiger partial charge in [-0.3, -0.25) is 19.4 Å². The van der Waals surface area contributed by atoms with Gasteiger partial charge in [-0.1, -0.05) is 36.4 Å². The van der Waals surface area contributed by atoms with E-state index in [1.165, 1.54) is 11.3 Å². The molecule has 0 spiro atoms. The van der Waals surface area contributed by atoms with Gasteiger partial charge in [-0.05, 0) is 29.1 Å². The third-order valence-corrected chi connectivity index (χ3v) is 5.11. The number of hydrogen-bond acceptors (Lipinski definition) is 5. The van der Waals surface area contributed by atoms with E-state index in [1.807, 2.05) is 35.7 Å².